The Morgan fingerprint density at radius 3 is 2.57 bits per heavy atom. The summed E-state index contributed by atoms with van der Waals surface area (Å²) in [6.07, 6.45) is 7.14. The van der Waals surface area contributed by atoms with Crippen LogP contribution in [0.2, 0.25) is 0 Å². The van der Waals surface area contributed by atoms with Crippen LogP contribution < -0.4 is 0 Å². The highest BCUT2D eigenvalue weighted by atomic mass is 16.6. The molecule has 3 rings (SSSR count). The summed E-state index contributed by atoms with van der Waals surface area (Å²) in [5, 5.41) is 9.64. The van der Waals surface area contributed by atoms with Crippen molar-refractivity contribution in [2.24, 2.45) is 11.8 Å². The summed E-state index contributed by atoms with van der Waals surface area (Å²) in [4.78, 5) is 14.2. The molecular formula is C19H27NO3. The maximum Gasteiger partial charge on any atom is 0.410 e. The van der Waals surface area contributed by atoms with Crippen LogP contribution in [0.15, 0.2) is 30.3 Å². The summed E-state index contributed by atoms with van der Waals surface area (Å²) in [5.74, 6) is 1.24. The largest absolute Gasteiger partial charge is 0.445 e. The maximum atomic E-state index is 12.4. The molecule has 4 heteroatoms. The van der Waals surface area contributed by atoms with E-state index in [1.165, 1.54) is 32.1 Å². The lowest BCUT2D eigenvalue weighted by molar-refractivity contribution is 0.0785. The summed E-state index contributed by atoms with van der Waals surface area (Å²) in [7, 11) is 0. The second kappa shape index (κ2) is 7.82. The Balaban J connectivity index is 1.55. The second-order valence-electron chi connectivity index (χ2n) is 6.92. The third-order valence-corrected chi connectivity index (χ3v) is 5.41. The summed E-state index contributed by atoms with van der Waals surface area (Å²) >= 11 is 0. The number of benzene rings is 1. The summed E-state index contributed by atoms with van der Waals surface area (Å²) < 4.78 is 5.46. The first-order valence-electron chi connectivity index (χ1n) is 8.86. The van der Waals surface area contributed by atoms with Crippen LogP contribution in [0, 0.1) is 11.8 Å². The summed E-state index contributed by atoms with van der Waals surface area (Å²) in [6, 6.07) is 9.65. The van der Waals surface area contributed by atoms with E-state index in [-0.39, 0.29) is 18.7 Å². The second-order valence-corrected chi connectivity index (χ2v) is 6.92. The first-order chi connectivity index (χ1) is 11.3. The van der Waals surface area contributed by atoms with Crippen LogP contribution in [-0.4, -0.2) is 35.3 Å². The van der Waals surface area contributed by atoms with E-state index in [1.807, 2.05) is 30.3 Å². The quantitative estimate of drug-likeness (QED) is 0.923. The molecule has 1 unspecified atom stereocenters. The average molecular weight is 317 g/mol. The van der Waals surface area contributed by atoms with Crippen molar-refractivity contribution < 1.29 is 14.6 Å². The first-order valence-corrected chi connectivity index (χ1v) is 8.86. The van der Waals surface area contributed by atoms with Crippen LogP contribution in [-0.2, 0) is 11.3 Å². The number of aliphatic hydroxyl groups is 1. The number of ether oxygens (including phenoxy) is 1. The lowest BCUT2D eigenvalue weighted by Crippen LogP contribution is -2.38. The minimum absolute atomic E-state index is 0.0314. The SMILES string of the molecule is O=C(OCc1ccccc1)N1CC(C2CCCCC2)C[C@H]1CO. The van der Waals surface area contributed by atoms with Gasteiger partial charge in [-0.25, -0.2) is 4.79 Å². The molecule has 1 heterocycles. The number of nitrogens with zero attached hydrogens (tertiary/aromatic N) is 1. The number of aliphatic hydroxyl groups excluding tert-OH is 1. The fourth-order valence-electron chi connectivity index (χ4n) is 4.10. The molecule has 1 amide bonds. The van der Waals surface area contributed by atoms with Gasteiger partial charge in [-0.3, -0.25) is 0 Å². The third kappa shape index (κ3) is 4.05. The molecule has 4 nitrogen and oxygen atoms in total. The van der Waals surface area contributed by atoms with Crippen LogP contribution >= 0.6 is 0 Å². The van der Waals surface area contributed by atoms with Gasteiger partial charge in [-0.05, 0) is 23.8 Å². The van der Waals surface area contributed by atoms with E-state index >= 15 is 0 Å². The molecule has 1 aliphatic heterocycles. The number of hydrogen-bond donors (Lipinski definition) is 1. The summed E-state index contributed by atoms with van der Waals surface area (Å²) in [5.41, 5.74) is 0.990. The predicted octanol–water partition coefficient (Wildman–Crippen LogP) is 3.59. The van der Waals surface area contributed by atoms with Gasteiger partial charge >= 0.3 is 6.09 Å². The van der Waals surface area contributed by atoms with Crippen molar-refractivity contribution in [3.8, 4) is 0 Å². The minimum Gasteiger partial charge on any atom is -0.445 e. The van der Waals surface area contributed by atoms with Crippen molar-refractivity contribution in [1.29, 1.82) is 0 Å². The normalized spacial score (nSPS) is 25.5. The van der Waals surface area contributed by atoms with E-state index in [4.69, 9.17) is 4.74 Å². The van der Waals surface area contributed by atoms with Gasteiger partial charge in [0.2, 0.25) is 0 Å². The number of carbonyl (C=O) groups excluding carboxylic acids is 1. The van der Waals surface area contributed by atoms with Gasteiger partial charge in [0.15, 0.2) is 0 Å². The molecule has 1 saturated carbocycles. The number of hydrogen-bond acceptors (Lipinski definition) is 3. The van der Waals surface area contributed by atoms with Crippen molar-refractivity contribution in [3.63, 3.8) is 0 Å². The summed E-state index contributed by atoms with van der Waals surface area (Å²) in [6.45, 7) is 1.07. The van der Waals surface area contributed by atoms with E-state index < -0.39 is 0 Å². The van der Waals surface area contributed by atoms with Crippen molar-refractivity contribution in [3.05, 3.63) is 35.9 Å². The molecule has 2 aliphatic rings. The van der Waals surface area contributed by atoms with Crippen LogP contribution in [0.3, 0.4) is 0 Å². The van der Waals surface area contributed by atoms with Crippen molar-refractivity contribution >= 4 is 6.09 Å². The molecule has 1 saturated heterocycles. The fraction of sp³-hybridized carbons (Fsp3) is 0.632. The number of rotatable bonds is 4. The molecule has 2 atom stereocenters. The molecule has 23 heavy (non-hydrogen) atoms. The zero-order chi connectivity index (χ0) is 16.1. The zero-order valence-electron chi connectivity index (χ0n) is 13.7. The van der Waals surface area contributed by atoms with Gasteiger partial charge in [0, 0.05) is 6.54 Å². The molecular weight excluding hydrogens is 290 g/mol. The first kappa shape index (κ1) is 16.3. The molecule has 126 valence electrons. The molecule has 0 bridgehead atoms. The van der Waals surface area contributed by atoms with Gasteiger partial charge in [0.05, 0.1) is 12.6 Å². The van der Waals surface area contributed by atoms with Gasteiger partial charge in [-0.2, -0.15) is 0 Å². The van der Waals surface area contributed by atoms with Crippen molar-refractivity contribution in [1.82, 2.24) is 4.90 Å². The highest BCUT2D eigenvalue weighted by Crippen LogP contribution is 2.37. The Morgan fingerprint density at radius 1 is 1.13 bits per heavy atom. The molecule has 2 fully saturated rings. The van der Waals surface area contributed by atoms with Gasteiger partial charge in [-0.1, -0.05) is 62.4 Å². The number of carbonyl (C=O) groups is 1. The van der Waals surface area contributed by atoms with E-state index in [0.717, 1.165) is 18.5 Å². The van der Waals surface area contributed by atoms with Gasteiger partial charge in [0.25, 0.3) is 0 Å². The topological polar surface area (TPSA) is 49.8 Å². The van der Waals surface area contributed by atoms with Gasteiger partial charge in [-0.15, -0.1) is 0 Å². The van der Waals surface area contributed by atoms with E-state index in [9.17, 15) is 9.90 Å². The lowest BCUT2D eigenvalue weighted by Gasteiger charge is -2.27. The Kier molecular flexibility index (Phi) is 5.55. The fourth-order valence-corrected chi connectivity index (χ4v) is 4.10. The Bertz CT molecular complexity index is 499. The number of amides is 1. The van der Waals surface area contributed by atoms with Crippen LogP contribution in [0.5, 0.6) is 0 Å². The van der Waals surface area contributed by atoms with Crippen LogP contribution in [0.1, 0.15) is 44.1 Å². The molecule has 0 aromatic heterocycles. The maximum absolute atomic E-state index is 12.4. The highest BCUT2D eigenvalue weighted by Gasteiger charge is 2.39. The van der Waals surface area contributed by atoms with Gasteiger partial charge < -0.3 is 14.7 Å². The minimum atomic E-state index is -0.286. The number of likely N-dealkylation sites (tertiary alicyclic amines) is 1. The molecule has 0 radical (unpaired) electrons. The Labute approximate surface area is 138 Å². The van der Waals surface area contributed by atoms with E-state index in [1.54, 1.807) is 4.90 Å². The Morgan fingerprint density at radius 2 is 1.87 bits per heavy atom. The van der Waals surface area contributed by atoms with Crippen molar-refractivity contribution in [2.45, 2.75) is 51.2 Å². The highest BCUT2D eigenvalue weighted by molar-refractivity contribution is 5.68. The molecule has 1 aliphatic carbocycles. The molecule has 0 spiro atoms. The Hall–Kier alpha value is -1.55. The average Bonchev–Trinajstić information content (AvgIpc) is 3.06. The predicted molar refractivity (Wildman–Crippen MR) is 88.9 cm³/mol. The molecule has 1 aromatic rings. The molecule has 1 aromatic carbocycles. The van der Waals surface area contributed by atoms with Crippen molar-refractivity contribution in [2.75, 3.05) is 13.2 Å². The third-order valence-electron chi connectivity index (χ3n) is 5.41. The standard InChI is InChI=1S/C19H27NO3/c21-13-18-11-17(16-9-5-2-6-10-16)12-20(18)19(22)23-14-15-7-3-1-4-8-15/h1,3-4,7-8,16-18,21H,2,5-6,9-14H2/t17?,18-/m0/s1. The smallest absolute Gasteiger partial charge is 0.410 e. The van der Waals surface area contributed by atoms with Gasteiger partial charge in [0.1, 0.15) is 6.61 Å². The van der Waals surface area contributed by atoms with E-state index in [0.29, 0.717) is 18.4 Å². The van der Waals surface area contributed by atoms with Crippen LogP contribution in [0.25, 0.3) is 0 Å². The van der Waals surface area contributed by atoms with E-state index in [2.05, 4.69) is 0 Å². The molecule has 1 N–H and O–H groups in total. The lowest BCUT2D eigenvalue weighted by atomic mass is 9.79. The zero-order valence-corrected chi connectivity index (χ0v) is 13.7. The van der Waals surface area contributed by atoms with Crippen LogP contribution in [0.4, 0.5) is 4.79 Å². The monoisotopic (exact) mass is 317 g/mol.